The number of anilines is 1. The topological polar surface area (TPSA) is 29.1 Å². The summed E-state index contributed by atoms with van der Waals surface area (Å²) in [6, 6.07) is 28.2. The molecule has 0 saturated carbocycles. The first-order valence-corrected chi connectivity index (χ1v) is 8.26. The van der Waals surface area contributed by atoms with Crippen molar-refractivity contribution in [3.05, 3.63) is 96.6 Å². The molecule has 2 heteroatoms. The van der Waals surface area contributed by atoms with Gasteiger partial charge in [0.15, 0.2) is 0 Å². The molecule has 0 fully saturated rings. The molecule has 25 heavy (non-hydrogen) atoms. The van der Waals surface area contributed by atoms with Crippen molar-refractivity contribution in [1.29, 1.82) is 0 Å². The summed E-state index contributed by atoms with van der Waals surface area (Å²) in [5.74, 6) is -0.135. The minimum atomic E-state index is -0.135. The van der Waals surface area contributed by atoms with E-state index in [9.17, 15) is 4.79 Å². The van der Waals surface area contributed by atoms with Crippen molar-refractivity contribution in [3.8, 4) is 0 Å². The van der Waals surface area contributed by atoms with E-state index in [1.54, 1.807) is 6.08 Å². The molecule has 4 aromatic rings. The van der Waals surface area contributed by atoms with Gasteiger partial charge in [-0.25, -0.2) is 0 Å². The number of benzene rings is 4. The maximum Gasteiger partial charge on any atom is 0.248 e. The fourth-order valence-electron chi connectivity index (χ4n) is 3.07. The third kappa shape index (κ3) is 3.15. The number of hydrogen-bond donors (Lipinski definition) is 1. The highest BCUT2D eigenvalue weighted by atomic mass is 16.1. The maximum atomic E-state index is 12.4. The first kappa shape index (κ1) is 15.2. The van der Waals surface area contributed by atoms with Crippen molar-refractivity contribution in [2.75, 3.05) is 5.32 Å². The predicted molar refractivity (Wildman–Crippen MR) is 106 cm³/mol. The smallest absolute Gasteiger partial charge is 0.248 e. The molecular formula is C23H17NO. The molecule has 0 atom stereocenters. The van der Waals surface area contributed by atoms with Gasteiger partial charge in [-0.05, 0) is 33.9 Å². The van der Waals surface area contributed by atoms with Gasteiger partial charge >= 0.3 is 0 Å². The molecule has 0 radical (unpaired) electrons. The summed E-state index contributed by atoms with van der Waals surface area (Å²) in [6.45, 7) is 0. The molecule has 0 heterocycles. The predicted octanol–water partition coefficient (Wildman–Crippen LogP) is 5.64. The Hall–Kier alpha value is -3.39. The maximum absolute atomic E-state index is 12.4. The molecule has 0 aliphatic carbocycles. The molecule has 0 bridgehead atoms. The monoisotopic (exact) mass is 323 g/mol. The van der Waals surface area contributed by atoms with E-state index in [4.69, 9.17) is 0 Å². The van der Waals surface area contributed by atoms with E-state index in [-0.39, 0.29) is 5.91 Å². The summed E-state index contributed by atoms with van der Waals surface area (Å²) in [4.78, 5) is 12.4. The van der Waals surface area contributed by atoms with Crippen molar-refractivity contribution in [3.63, 3.8) is 0 Å². The summed E-state index contributed by atoms with van der Waals surface area (Å²) in [6.07, 6.45) is 3.45. The average molecular weight is 323 g/mol. The van der Waals surface area contributed by atoms with Crippen LogP contribution in [0.4, 0.5) is 5.69 Å². The summed E-state index contributed by atoms with van der Waals surface area (Å²) in [5.41, 5.74) is 1.86. The second-order valence-electron chi connectivity index (χ2n) is 5.92. The Balaban J connectivity index is 1.60. The lowest BCUT2D eigenvalue weighted by Crippen LogP contribution is -2.08. The van der Waals surface area contributed by atoms with Crippen LogP contribution < -0.4 is 5.32 Å². The number of carbonyl (C=O) groups is 1. The lowest BCUT2D eigenvalue weighted by molar-refractivity contribution is -0.111. The van der Waals surface area contributed by atoms with Gasteiger partial charge in [0.1, 0.15) is 0 Å². The summed E-state index contributed by atoms with van der Waals surface area (Å²) in [7, 11) is 0. The number of fused-ring (bicyclic) bond motifs is 2. The molecule has 2 nitrogen and oxygen atoms in total. The Labute approximate surface area is 146 Å². The zero-order valence-corrected chi connectivity index (χ0v) is 13.6. The molecule has 120 valence electrons. The molecular weight excluding hydrogens is 306 g/mol. The molecule has 4 rings (SSSR count). The molecule has 0 unspecified atom stereocenters. The van der Waals surface area contributed by atoms with Crippen LogP contribution in [0.1, 0.15) is 5.56 Å². The standard InChI is InChI=1S/C23H17NO/c25-23(24-22-14-6-11-18-8-2-4-13-21(18)22)16-15-19-10-5-9-17-7-1-3-12-20(17)19/h1-16H,(H,24,25)/b16-15+. The fourth-order valence-corrected chi connectivity index (χ4v) is 3.07. The zero-order valence-electron chi connectivity index (χ0n) is 13.6. The van der Waals surface area contributed by atoms with E-state index in [1.807, 2.05) is 72.8 Å². The molecule has 0 saturated heterocycles. The van der Waals surface area contributed by atoms with Crippen molar-refractivity contribution in [1.82, 2.24) is 0 Å². The Morgan fingerprint density at radius 3 is 2.08 bits per heavy atom. The molecule has 1 amide bonds. The lowest BCUT2D eigenvalue weighted by atomic mass is 10.0. The normalized spacial score (nSPS) is 11.2. The molecule has 0 aliphatic heterocycles. The van der Waals surface area contributed by atoms with Gasteiger partial charge < -0.3 is 5.32 Å². The third-order valence-corrected chi connectivity index (χ3v) is 4.29. The van der Waals surface area contributed by atoms with Crippen molar-refractivity contribution >= 4 is 39.2 Å². The fraction of sp³-hybridized carbons (Fsp3) is 0. The molecule has 4 aromatic carbocycles. The van der Waals surface area contributed by atoms with E-state index in [1.165, 1.54) is 5.39 Å². The second kappa shape index (κ2) is 6.62. The van der Waals surface area contributed by atoms with Gasteiger partial charge in [-0.2, -0.15) is 0 Å². The molecule has 1 N–H and O–H groups in total. The van der Waals surface area contributed by atoms with Crippen LogP contribution in [0.2, 0.25) is 0 Å². The van der Waals surface area contributed by atoms with E-state index >= 15 is 0 Å². The largest absolute Gasteiger partial charge is 0.322 e. The van der Waals surface area contributed by atoms with Crippen LogP contribution in [0, 0.1) is 0 Å². The van der Waals surface area contributed by atoms with Gasteiger partial charge in [-0.1, -0.05) is 78.9 Å². The molecule has 0 aliphatic rings. The van der Waals surface area contributed by atoms with Crippen LogP contribution >= 0.6 is 0 Å². The van der Waals surface area contributed by atoms with E-state index < -0.39 is 0 Å². The van der Waals surface area contributed by atoms with Crippen LogP contribution in [-0.2, 0) is 4.79 Å². The Bertz CT molecular complexity index is 1080. The summed E-state index contributed by atoms with van der Waals surface area (Å²) in [5, 5.41) is 7.43. The number of carbonyl (C=O) groups excluding carboxylic acids is 1. The Morgan fingerprint density at radius 1 is 0.680 bits per heavy atom. The van der Waals surface area contributed by atoms with Crippen LogP contribution in [0.5, 0.6) is 0 Å². The van der Waals surface area contributed by atoms with Crippen molar-refractivity contribution in [2.24, 2.45) is 0 Å². The number of nitrogens with one attached hydrogen (secondary N) is 1. The average Bonchev–Trinajstić information content (AvgIpc) is 2.66. The van der Waals surface area contributed by atoms with Gasteiger partial charge in [-0.15, -0.1) is 0 Å². The van der Waals surface area contributed by atoms with Crippen LogP contribution in [0.15, 0.2) is 91.0 Å². The highest BCUT2D eigenvalue weighted by Gasteiger charge is 2.03. The molecule has 0 aromatic heterocycles. The zero-order chi connectivity index (χ0) is 17.1. The minimum absolute atomic E-state index is 0.135. The van der Waals surface area contributed by atoms with Gasteiger partial charge in [0, 0.05) is 17.1 Å². The SMILES string of the molecule is O=C(/C=C/c1cccc2ccccc12)Nc1cccc2ccccc12. The van der Waals surface area contributed by atoms with Crippen LogP contribution in [0.3, 0.4) is 0 Å². The highest BCUT2D eigenvalue weighted by molar-refractivity contribution is 6.08. The van der Waals surface area contributed by atoms with Gasteiger partial charge in [0.25, 0.3) is 0 Å². The first-order valence-electron chi connectivity index (χ1n) is 8.26. The van der Waals surface area contributed by atoms with Gasteiger partial charge in [0.05, 0.1) is 0 Å². The van der Waals surface area contributed by atoms with E-state index in [2.05, 4.69) is 23.5 Å². The first-order chi connectivity index (χ1) is 12.3. The minimum Gasteiger partial charge on any atom is -0.322 e. The molecule has 0 spiro atoms. The summed E-state index contributed by atoms with van der Waals surface area (Å²) >= 11 is 0. The Kier molecular flexibility index (Phi) is 4.01. The Morgan fingerprint density at radius 2 is 1.28 bits per heavy atom. The second-order valence-corrected chi connectivity index (χ2v) is 5.92. The number of rotatable bonds is 3. The van der Waals surface area contributed by atoms with Crippen molar-refractivity contribution < 1.29 is 4.79 Å². The van der Waals surface area contributed by atoms with Gasteiger partial charge in [-0.3, -0.25) is 4.79 Å². The quantitative estimate of drug-likeness (QED) is 0.485. The number of amides is 1. The van der Waals surface area contributed by atoms with Crippen LogP contribution in [0.25, 0.3) is 27.6 Å². The van der Waals surface area contributed by atoms with Crippen molar-refractivity contribution in [2.45, 2.75) is 0 Å². The summed E-state index contributed by atoms with van der Waals surface area (Å²) < 4.78 is 0. The lowest BCUT2D eigenvalue weighted by Gasteiger charge is -2.07. The number of hydrogen-bond acceptors (Lipinski definition) is 1. The van der Waals surface area contributed by atoms with E-state index in [0.717, 1.165) is 27.4 Å². The van der Waals surface area contributed by atoms with E-state index in [0.29, 0.717) is 0 Å². The van der Waals surface area contributed by atoms with Gasteiger partial charge in [0.2, 0.25) is 5.91 Å². The third-order valence-electron chi connectivity index (χ3n) is 4.29. The highest BCUT2D eigenvalue weighted by Crippen LogP contribution is 2.23. The van der Waals surface area contributed by atoms with Crippen LogP contribution in [-0.4, -0.2) is 5.91 Å².